The van der Waals surface area contributed by atoms with Crippen LogP contribution in [0.2, 0.25) is 0 Å². The lowest BCUT2D eigenvalue weighted by Crippen LogP contribution is -2.20. The summed E-state index contributed by atoms with van der Waals surface area (Å²) < 4.78 is 66.5. The van der Waals surface area contributed by atoms with E-state index < -0.39 is 33.1 Å². The number of hydrogen-bond acceptors (Lipinski definition) is 0. The van der Waals surface area contributed by atoms with Gasteiger partial charge in [0.1, 0.15) is 0 Å². The Hall–Kier alpha value is -2.33. The second-order valence-corrected chi connectivity index (χ2v) is 8.79. The zero-order chi connectivity index (χ0) is 22.2. The fourth-order valence-corrected chi connectivity index (χ4v) is 4.86. The Labute approximate surface area is 173 Å². The van der Waals surface area contributed by atoms with E-state index in [2.05, 4.69) is 91.9 Å². The molecule has 0 N–H and O–H groups in total. The van der Waals surface area contributed by atoms with Gasteiger partial charge in [-0.25, -0.2) is 0 Å². The highest BCUT2D eigenvalue weighted by molar-refractivity contribution is 7.79. The van der Waals surface area contributed by atoms with E-state index in [0.717, 1.165) is 0 Å². The summed E-state index contributed by atoms with van der Waals surface area (Å²) in [4.78, 5) is 0. The van der Waals surface area contributed by atoms with Gasteiger partial charge in [0.2, 0.25) is 0 Å². The molecule has 0 aliphatic heterocycles. The number of aryl methyl sites for hydroxylation is 1. The van der Waals surface area contributed by atoms with Gasteiger partial charge in [-0.15, -0.1) is 0 Å². The summed E-state index contributed by atoms with van der Waals surface area (Å²) in [6.07, 6.45) is -13.0. The van der Waals surface area contributed by atoms with Crippen molar-refractivity contribution in [1.29, 1.82) is 0 Å². The van der Waals surface area contributed by atoms with Crippen molar-refractivity contribution in [1.82, 2.24) is 0 Å². The van der Waals surface area contributed by atoms with Crippen LogP contribution in [0.25, 0.3) is 0 Å². The molecule has 0 atom stereocenters. The van der Waals surface area contributed by atoms with E-state index in [1.807, 2.05) is 0 Å². The van der Waals surface area contributed by atoms with E-state index in [0.29, 0.717) is 0 Å². The molecule has 0 fully saturated rings. The molecule has 0 aliphatic carbocycles. The van der Waals surface area contributed by atoms with Crippen LogP contribution in [-0.4, -0.2) is 12.4 Å². The van der Waals surface area contributed by atoms with Crippen molar-refractivity contribution >= 4 is 23.8 Å². The van der Waals surface area contributed by atoms with E-state index in [1.54, 1.807) is 0 Å². The van der Waals surface area contributed by atoms with Crippen molar-refractivity contribution in [3.63, 3.8) is 0 Å². The molecule has 0 aromatic heterocycles. The van der Waals surface area contributed by atoms with Crippen LogP contribution in [0.4, 0.5) is 26.3 Å². The standard InChI is InChI=1S/C19H17P.C4H4F6/c1-16-12-14-19(15-13-16)20(17-8-4-2-5-9-17)18-10-6-3-7-11-18;5-3(6,7)1-2-4(8,9)10/h2-15H,1H3;1-2H2. The minimum Gasteiger partial charge on any atom is -0.171 e. The van der Waals surface area contributed by atoms with Crippen molar-refractivity contribution < 1.29 is 26.3 Å². The van der Waals surface area contributed by atoms with E-state index in [4.69, 9.17) is 0 Å². The summed E-state index contributed by atoms with van der Waals surface area (Å²) in [6, 6.07) is 30.5. The number of hydrogen-bond donors (Lipinski definition) is 0. The smallest absolute Gasteiger partial charge is 0.171 e. The third-order valence-corrected chi connectivity index (χ3v) is 6.46. The third kappa shape index (κ3) is 8.58. The SMILES string of the molecule is Cc1ccc(P(c2ccccc2)c2ccccc2)cc1.FC(F)(F)CCC(F)(F)F. The number of rotatable bonds is 4. The lowest BCUT2D eigenvalue weighted by Gasteiger charge is -2.19. The third-order valence-electron chi connectivity index (χ3n) is 4.01. The van der Waals surface area contributed by atoms with Crippen LogP contribution in [0.15, 0.2) is 84.9 Å². The number of halogens is 6. The molecule has 0 heterocycles. The van der Waals surface area contributed by atoms with Crippen LogP contribution < -0.4 is 15.9 Å². The molecule has 0 saturated carbocycles. The minimum atomic E-state index is -4.71. The molecule has 0 aliphatic rings. The van der Waals surface area contributed by atoms with Gasteiger partial charge in [-0.1, -0.05) is 90.5 Å². The Morgan fingerprint density at radius 1 is 0.533 bits per heavy atom. The Morgan fingerprint density at radius 2 is 0.867 bits per heavy atom. The molecule has 3 aromatic rings. The summed E-state index contributed by atoms with van der Waals surface area (Å²) in [5, 5.41) is 4.21. The first kappa shape index (κ1) is 23.9. The van der Waals surface area contributed by atoms with Crippen molar-refractivity contribution in [2.24, 2.45) is 0 Å². The highest BCUT2D eigenvalue weighted by atomic mass is 31.1. The monoisotopic (exact) mass is 442 g/mol. The Kier molecular flexibility index (Phi) is 8.48. The fourth-order valence-electron chi connectivity index (χ4n) is 2.58. The first-order valence-electron chi connectivity index (χ1n) is 9.15. The van der Waals surface area contributed by atoms with Crippen LogP contribution in [0, 0.1) is 6.92 Å². The second-order valence-electron chi connectivity index (χ2n) is 6.57. The second kappa shape index (κ2) is 10.6. The summed E-state index contributed by atoms with van der Waals surface area (Å²) in [7, 11) is -0.458. The number of benzene rings is 3. The molecule has 160 valence electrons. The van der Waals surface area contributed by atoms with Crippen LogP contribution in [-0.2, 0) is 0 Å². The van der Waals surface area contributed by atoms with Gasteiger partial charge in [-0.3, -0.25) is 0 Å². The van der Waals surface area contributed by atoms with E-state index in [1.165, 1.54) is 21.5 Å². The molecule has 0 radical (unpaired) electrons. The lowest BCUT2D eigenvalue weighted by molar-refractivity contribution is -0.183. The fraction of sp³-hybridized carbons (Fsp3) is 0.217. The molecule has 3 aromatic carbocycles. The van der Waals surface area contributed by atoms with Crippen LogP contribution in [0.3, 0.4) is 0 Å². The molecule has 0 amide bonds. The van der Waals surface area contributed by atoms with E-state index >= 15 is 0 Å². The summed E-state index contributed by atoms with van der Waals surface area (Å²) in [5.41, 5.74) is 1.31. The van der Waals surface area contributed by atoms with E-state index in [-0.39, 0.29) is 0 Å². The van der Waals surface area contributed by atoms with Gasteiger partial charge in [-0.2, -0.15) is 26.3 Å². The van der Waals surface area contributed by atoms with Gasteiger partial charge in [0.05, 0.1) is 12.8 Å². The highest BCUT2D eigenvalue weighted by Crippen LogP contribution is 2.32. The predicted octanol–water partition coefficient (Wildman–Crippen LogP) is 6.64. The topological polar surface area (TPSA) is 0 Å². The Balaban J connectivity index is 0.000000274. The van der Waals surface area contributed by atoms with Crippen molar-refractivity contribution in [3.8, 4) is 0 Å². The van der Waals surface area contributed by atoms with E-state index in [9.17, 15) is 26.3 Å². The lowest BCUT2D eigenvalue weighted by atomic mass is 10.2. The molecule has 0 nitrogen and oxygen atoms in total. The van der Waals surface area contributed by atoms with Gasteiger partial charge in [0.15, 0.2) is 0 Å². The van der Waals surface area contributed by atoms with Crippen molar-refractivity contribution in [2.75, 3.05) is 0 Å². The largest absolute Gasteiger partial charge is 0.389 e. The summed E-state index contributed by atoms with van der Waals surface area (Å²) in [5.74, 6) is 0. The summed E-state index contributed by atoms with van der Waals surface area (Å²) in [6.45, 7) is 2.14. The zero-order valence-electron chi connectivity index (χ0n) is 16.2. The highest BCUT2D eigenvalue weighted by Gasteiger charge is 2.36. The molecule has 0 spiro atoms. The van der Waals surface area contributed by atoms with Gasteiger partial charge in [-0.05, 0) is 30.8 Å². The predicted molar refractivity (Wildman–Crippen MR) is 111 cm³/mol. The maximum atomic E-state index is 11.1. The van der Waals surface area contributed by atoms with Gasteiger partial charge in [0.25, 0.3) is 0 Å². The molecule has 3 rings (SSSR count). The maximum Gasteiger partial charge on any atom is 0.389 e. The van der Waals surface area contributed by atoms with Crippen molar-refractivity contribution in [3.05, 3.63) is 90.5 Å². The normalized spacial score (nSPS) is 11.7. The molecule has 0 bridgehead atoms. The van der Waals surface area contributed by atoms with Gasteiger partial charge in [0, 0.05) is 0 Å². The first-order chi connectivity index (χ1) is 14.1. The van der Waals surface area contributed by atoms with Crippen LogP contribution in [0.1, 0.15) is 18.4 Å². The van der Waals surface area contributed by atoms with Gasteiger partial charge < -0.3 is 0 Å². The Bertz CT molecular complexity index is 818. The molecule has 0 saturated heterocycles. The minimum absolute atomic E-state index is 0.458. The average Bonchev–Trinajstić information content (AvgIpc) is 2.69. The quantitative estimate of drug-likeness (QED) is 0.314. The van der Waals surface area contributed by atoms with Crippen LogP contribution in [0.5, 0.6) is 0 Å². The molecule has 30 heavy (non-hydrogen) atoms. The average molecular weight is 442 g/mol. The Morgan fingerprint density at radius 3 is 1.20 bits per heavy atom. The molecular weight excluding hydrogens is 421 g/mol. The molecule has 7 heteroatoms. The number of alkyl halides is 6. The maximum absolute atomic E-state index is 11.1. The molecular formula is C23H21F6P. The zero-order valence-corrected chi connectivity index (χ0v) is 17.1. The molecule has 0 unspecified atom stereocenters. The first-order valence-corrected chi connectivity index (χ1v) is 10.5. The van der Waals surface area contributed by atoms with Gasteiger partial charge >= 0.3 is 12.4 Å². The van der Waals surface area contributed by atoms with Crippen molar-refractivity contribution in [2.45, 2.75) is 32.1 Å². The van der Waals surface area contributed by atoms with Crippen LogP contribution >= 0.6 is 7.92 Å². The summed E-state index contributed by atoms with van der Waals surface area (Å²) >= 11 is 0.